The summed E-state index contributed by atoms with van der Waals surface area (Å²) in [5.41, 5.74) is 1.05. The van der Waals surface area contributed by atoms with Crippen LogP contribution >= 0.6 is 0 Å². The first-order valence-electron chi connectivity index (χ1n) is 6.50. The lowest BCUT2D eigenvalue weighted by Gasteiger charge is -2.01. The van der Waals surface area contributed by atoms with Crippen molar-refractivity contribution in [2.24, 2.45) is 0 Å². The molecule has 20 heavy (non-hydrogen) atoms. The Morgan fingerprint density at radius 2 is 2.20 bits per heavy atom. The molecular weight excluding hydrogens is 260 g/mol. The van der Waals surface area contributed by atoms with Crippen LogP contribution in [0.25, 0.3) is 0 Å². The van der Waals surface area contributed by atoms with Gasteiger partial charge in [-0.2, -0.15) is 0 Å². The van der Waals surface area contributed by atoms with Crippen molar-refractivity contribution in [3.63, 3.8) is 0 Å². The standard InChI is InChI=1S/C14H14N2O4/c17-13(18)7-3-6-12-15-16-14(20-12)10-8-19-11-5-2-1-4-9(10)11/h1-2,4-5,10H,3,6-8H2,(H,17,18). The minimum atomic E-state index is -0.817. The van der Waals surface area contributed by atoms with Crippen LogP contribution in [0.5, 0.6) is 5.75 Å². The van der Waals surface area contributed by atoms with Crippen LogP contribution in [-0.2, 0) is 11.2 Å². The van der Waals surface area contributed by atoms with Crippen LogP contribution in [0.15, 0.2) is 28.7 Å². The van der Waals surface area contributed by atoms with Gasteiger partial charge in [0, 0.05) is 18.4 Å². The summed E-state index contributed by atoms with van der Waals surface area (Å²) < 4.78 is 11.2. The van der Waals surface area contributed by atoms with Crippen molar-refractivity contribution in [3.05, 3.63) is 41.6 Å². The number of aliphatic carboxylic acids is 1. The highest BCUT2D eigenvalue weighted by Gasteiger charge is 2.29. The van der Waals surface area contributed by atoms with Gasteiger partial charge < -0.3 is 14.3 Å². The van der Waals surface area contributed by atoms with E-state index in [-0.39, 0.29) is 12.3 Å². The lowest BCUT2D eigenvalue weighted by molar-refractivity contribution is -0.137. The summed E-state index contributed by atoms with van der Waals surface area (Å²) in [6, 6.07) is 7.78. The van der Waals surface area contributed by atoms with Gasteiger partial charge in [0.1, 0.15) is 12.4 Å². The van der Waals surface area contributed by atoms with E-state index in [0.717, 1.165) is 11.3 Å². The van der Waals surface area contributed by atoms with Crippen LogP contribution in [0.2, 0.25) is 0 Å². The van der Waals surface area contributed by atoms with Crippen molar-refractivity contribution in [1.82, 2.24) is 10.2 Å². The third kappa shape index (κ3) is 2.49. The Morgan fingerprint density at radius 3 is 3.05 bits per heavy atom. The zero-order valence-electron chi connectivity index (χ0n) is 10.8. The number of benzene rings is 1. The smallest absolute Gasteiger partial charge is 0.303 e. The average molecular weight is 274 g/mol. The van der Waals surface area contributed by atoms with E-state index < -0.39 is 5.97 Å². The number of hydrogen-bond donors (Lipinski definition) is 1. The Morgan fingerprint density at radius 1 is 1.35 bits per heavy atom. The van der Waals surface area contributed by atoms with Gasteiger partial charge in [-0.15, -0.1) is 10.2 Å². The molecule has 1 atom stereocenters. The van der Waals surface area contributed by atoms with Gasteiger partial charge in [0.05, 0.1) is 5.92 Å². The van der Waals surface area contributed by atoms with E-state index in [0.29, 0.717) is 31.2 Å². The van der Waals surface area contributed by atoms with E-state index in [4.69, 9.17) is 14.3 Å². The molecule has 0 saturated heterocycles. The fourth-order valence-electron chi connectivity index (χ4n) is 2.27. The van der Waals surface area contributed by atoms with Crippen LogP contribution in [0.3, 0.4) is 0 Å². The molecule has 1 aliphatic rings. The number of fused-ring (bicyclic) bond motifs is 1. The largest absolute Gasteiger partial charge is 0.492 e. The molecule has 0 amide bonds. The Kier molecular flexibility index (Phi) is 3.37. The summed E-state index contributed by atoms with van der Waals surface area (Å²) in [5, 5.41) is 16.6. The van der Waals surface area contributed by atoms with Crippen LogP contribution in [0.4, 0.5) is 0 Å². The summed E-state index contributed by atoms with van der Waals surface area (Å²) in [7, 11) is 0. The second-order valence-corrected chi connectivity index (χ2v) is 4.68. The monoisotopic (exact) mass is 274 g/mol. The van der Waals surface area contributed by atoms with Gasteiger partial charge in [-0.25, -0.2) is 0 Å². The minimum Gasteiger partial charge on any atom is -0.492 e. The van der Waals surface area contributed by atoms with Crippen LogP contribution in [0, 0.1) is 0 Å². The molecule has 6 nitrogen and oxygen atoms in total. The molecule has 0 radical (unpaired) electrons. The normalized spacial score (nSPS) is 16.7. The second-order valence-electron chi connectivity index (χ2n) is 4.68. The molecule has 0 bridgehead atoms. The highest BCUT2D eigenvalue weighted by atomic mass is 16.5. The van der Waals surface area contributed by atoms with Crippen LogP contribution in [0.1, 0.15) is 36.1 Å². The first-order chi connectivity index (χ1) is 9.74. The Bertz CT molecular complexity index is 623. The Hall–Kier alpha value is -2.37. The SMILES string of the molecule is O=C(O)CCCc1nnc(C2COc3ccccc32)o1. The molecule has 3 rings (SSSR count). The van der Waals surface area contributed by atoms with Gasteiger partial charge in [0.15, 0.2) is 0 Å². The van der Waals surface area contributed by atoms with E-state index in [1.165, 1.54) is 0 Å². The van der Waals surface area contributed by atoms with E-state index in [1.807, 2.05) is 24.3 Å². The van der Waals surface area contributed by atoms with Gasteiger partial charge in [-0.05, 0) is 12.5 Å². The predicted octanol–water partition coefficient (Wildman–Crippen LogP) is 2.00. The number of aryl methyl sites for hydroxylation is 1. The predicted molar refractivity (Wildman–Crippen MR) is 68.7 cm³/mol. The molecule has 0 spiro atoms. The number of rotatable bonds is 5. The van der Waals surface area contributed by atoms with E-state index >= 15 is 0 Å². The summed E-state index contributed by atoms with van der Waals surface area (Å²) in [6.45, 7) is 0.496. The molecule has 6 heteroatoms. The highest BCUT2D eigenvalue weighted by molar-refractivity contribution is 5.66. The van der Waals surface area contributed by atoms with Gasteiger partial charge >= 0.3 is 5.97 Å². The number of ether oxygens (including phenoxy) is 1. The fourth-order valence-corrected chi connectivity index (χ4v) is 2.27. The summed E-state index contributed by atoms with van der Waals surface area (Å²) >= 11 is 0. The number of carbonyl (C=O) groups is 1. The Labute approximate surface area is 115 Å². The van der Waals surface area contributed by atoms with Gasteiger partial charge in [0.25, 0.3) is 0 Å². The number of aromatic nitrogens is 2. The van der Waals surface area contributed by atoms with Crippen molar-refractivity contribution in [2.75, 3.05) is 6.61 Å². The first kappa shape index (κ1) is 12.7. The van der Waals surface area contributed by atoms with Crippen LogP contribution < -0.4 is 4.74 Å². The van der Waals surface area contributed by atoms with Gasteiger partial charge in [0.2, 0.25) is 11.8 Å². The molecule has 1 unspecified atom stereocenters. The third-order valence-electron chi connectivity index (χ3n) is 3.26. The molecule has 1 aliphatic heterocycles. The summed E-state index contributed by atoms with van der Waals surface area (Å²) in [6.07, 6.45) is 1.08. The summed E-state index contributed by atoms with van der Waals surface area (Å²) in [5.74, 6) is 1.00. The number of carboxylic acids is 1. The molecule has 0 saturated carbocycles. The molecular formula is C14H14N2O4. The van der Waals surface area contributed by atoms with Crippen molar-refractivity contribution in [3.8, 4) is 5.75 Å². The number of nitrogens with zero attached hydrogens (tertiary/aromatic N) is 2. The Balaban J connectivity index is 1.70. The zero-order valence-corrected chi connectivity index (χ0v) is 10.8. The van der Waals surface area contributed by atoms with E-state index in [9.17, 15) is 4.79 Å². The van der Waals surface area contributed by atoms with E-state index in [1.54, 1.807) is 0 Å². The lowest BCUT2D eigenvalue weighted by atomic mass is 10.0. The molecule has 1 aromatic heterocycles. The molecule has 2 heterocycles. The van der Waals surface area contributed by atoms with Crippen molar-refractivity contribution >= 4 is 5.97 Å². The molecule has 0 aliphatic carbocycles. The molecule has 1 aromatic carbocycles. The topological polar surface area (TPSA) is 85.5 Å². The maximum atomic E-state index is 10.5. The molecule has 0 fully saturated rings. The van der Waals surface area contributed by atoms with Crippen LogP contribution in [-0.4, -0.2) is 27.9 Å². The molecule has 2 aromatic rings. The zero-order chi connectivity index (χ0) is 13.9. The van der Waals surface area contributed by atoms with Gasteiger partial charge in [-0.3, -0.25) is 4.79 Å². The maximum Gasteiger partial charge on any atom is 0.303 e. The van der Waals surface area contributed by atoms with E-state index in [2.05, 4.69) is 10.2 Å². The maximum absolute atomic E-state index is 10.5. The second kappa shape index (κ2) is 5.32. The third-order valence-corrected chi connectivity index (χ3v) is 3.26. The number of carboxylic acid groups (broad SMARTS) is 1. The lowest BCUT2D eigenvalue weighted by Crippen LogP contribution is -2.02. The van der Waals surface area contributed by atoms with Crippen molar-refractivity contribution < 1.29 is 19.1 Å². The number of para-hydroxylation sites is 1. The summed E-state index contributed by atoms with van der Waals surface area (Å²) in [4.78, 5) is 10.5. The average Bonchev–Trinajstić information content (AvgIpc) is 3.04. The van der Waals surface area contributed by atoms with Crippen molar-refractivity contribution in [2.45, 2.75) is 25.2 Å². The highest BCUT2D eigenvalue weighted by Crippen LogP contribution is 2.37. The van der Waals surface area contributed by atoms with Crippen molar-refractivity contribution in [1.29, 1.82) is 0 Å². The quantitative estimate of drug-likeness (QED) is 0.897. The fraction of sp³-hybridized carbons (Fsp3) is 0.357. The molecule has 1 N–H and O–H groups in total. The minimum absolute atomic E-state index is 0.0353. The first-order valence-corrected chi connectivity index (χ1v) is 6.50. The number of hydrogen-bond acceptors (Lipinski definition) is 5. The van der Waals surface area contributed by atoms with Gasteiger partial charge in [-0.1, -0.05) is 18.2 Å². The molecule has 104 valence electrons.